The maximum absolute atomic E-state index is 13.1. The summed E-state index contributed by atoms with van der Waals surface area (Å²) in [5.74, 6) is -1.14. The highest BCUT2D eigenvalue weighted by atomic mass is 19.1. The number of rotatable bonds is 3. The van der Waals surface area contributed by atoms with E-state index >= 15 is 0 Å². The topological polar surface area (TPSA) is 24.1 Å². The van der Waals surface area contributed by atoms with Crippen molar-refractivity contribution >= 4 is 11.4 Å². The third kappa shape index (κ3) is 2.52. The summed E-state index contributed by atoms with van der Waals surface area (Å²) in [5, 5.41) is 6.39. The Kier molecular flexibility index (Phi) is 3.07. The fraction of sp³-hybridized carbons (Fsp3) is 0.200. The Labute approximate surface area is 110 Å². The minimum atomic E-state index is -0.570. The lowest BCUT2D eigenvalue weighted by molar-refractivity contribution is 0.584. The molecular weight excluding hydrogens is 246 g/mol. The van der Waals surface area contributed by atoms with Crippen molar-refractivity contribution < 1.29 is 8.78 Å². The van der Waals surface area contributed by atoms with E-state index in [4.69, 9.17) is 0 Å². The van der Waals surface area contributed by atoms with Gasteiger partial charge in [0.25, 0.3) is 0 Å². The van der Waals surface area contributed by atoms with Crippen LogP contribution in [0, 0.1) is 11.6 Å². The molecule has 0 unspecified atom stereocenters. The van der Waals surface area contributed by atoms with Gasteiger partial charge in [-0.15, -0.1) is 0 Å². The first-order valence-corrected chi connectivity index (χ1v) is 6.27. The molecule has 2 nitrogen and oxygen atoms in total. The fourth-order valence-corrected chi connectivity index (χ4v) is 2.41. The Bertz CT molecular complexity index is 591. The van der Waals surface area contributed by atoms with Crippen molar-refractivity contribution in [2.45, 2.75) is 13.0 Å². The van der Waals surface area contributed by atoms with E-state index in [1.807, 2.05) is 12.1 Å². The van der Waals surface area contributed by atoms with Crippen molar-refractivity contribution in [3.05, 3.63) is 59.2 Å². The van der Waals surface area contributed by atoms with E-state index in [0.717, 1.165) is 30.3 Å². The highest BCUT2D eigenvalue weighted by molar-refractivity contribution is 5.62. The summed E-state index contributed by atoms with van der Waals surface area (Å²) in [6.45, 7) is 1.49. The summed E-state index contributed by atoms with van der Waals surface area (Å²) in [6, 6.07) is 9.57. The Morgan fingerprint density at radius 2 is 1.89 bits per heavy atom. The zero-order valence-corrected chi connectivity index (χ0v) is 10.3. The molecule has 2 N–H and O–H groups in total. The van der Waals surface area contributed by atoms with Gasteiger partial charge in [-0.3, -0.25) is 0 Å². The average Bonchev–Trinajstić information content (AvgIpc) is 2.83. The molecule has 0 fully saturated rings. The van der Waals surface area contributed by atoms with E-state index in [-0.39, 0.29) is 0 Å². The lowest BCUT2D eigenvalue weighted by atomic mass is 10.1. The molecule has 0 saturated carbocycles. The van der Waals surface area contributed by atoms with Crippen LogP contribution in [0.15, 0.2) is 36.4 Å². The lowest BCUT2D eigenvalue weighted by Gasteiger charge is -2.11. The van der Waals surface area contributed by atoms with Crippen LogP contribution in [0.5, 0.6) is 0 Å². The standard InChI is InChI=1S/C15H14F2N2/c16-12-6-13(17)8-14(7-12)19-9-11-3-1-2-10-4-5-18-15(10)11/h1-3,6-8,18-19H,4-5,9H2. The monoisotopic (exact) mass is 260 g/mol. The number of halogens is 2. The maximum Gasteiger partial charge on any atom is 0.128 e. The molecule has 19 heavy (non-hydrogen) atoms. The number of hydrogen-bond acceptors (Lipinski definition) is 2. The van der Waals surface area contributed by atoms with Crippen LogP contribution in [-0.2, 0) is 13.0 Å². The van der Waals surface area contributed by atoms with Crippen LogP contribution in [0.4, 0.5) is 20.2 Å². The fourth-order valence-electron chi connectivity index (χ4n) is 2.41. The van der Waals surface area contributed by atoms with E-state index in [1.54, 1.807) is 0 Å². The van der Waals surface area contributed by atoms with Gasteiger partial charge >= 0.3 is 0 Å². The summed E-state index contributed by atoms with van der Waals surface area (Å²) in [6.07, 6.45) is 1.03. The van der Waals surface area contributed by atoms with Gasteiger partial charge in [-0.25, -0.2) is 8.78 Å². The van der Waals surface area contributed by atoms with Gasteiger partial charge in [-0.1, -0.05) is 18.2 Å². The summed E-state index contributed by atoms with van der Waals surface area (Å²) in [5.41, 5.74) is 4.00. The van der Waals surface area contributed by atoms with E-state index in [0.29, 0.717) is 12.2 Å². The normalized spacial score (nSPS) is 12.9. The second-order valence-corrected chi connectivity index (χ2v) is 4.64. The van der Waals surface area contributed by atoms with Crippen LogP contribution in [0.2, 0.25) is 0 Å². The smallest absolute Gasteiger partial charge is 0.128 e. The molecule has 1 aliphatic rings. The Morgan fingerprint density at radius 3 is 2.68 bits per heavy atom. The molecule has 1 heterocycles. The summed E-state index contributed by atoms with van der Waals surface area (Å²) in [4.78, 5) is 0. The van der Waals surface area contributed by atoms with Crippen LogP contribution < -0.4 is 10.6 Å². The highest BCUT2D eigenvalue weighted by Gasteiger charge is 2.13. The third-order valence-electron chi connectivity index (χ3n) is 3.28. The largest absolute Gasteiger partial charge is 0.384 e. The number of fused-ring (bicyclic) bond motifs is 1. The van der Waals surface area contributed by atoms with Crippen LogP contribution >= 0.6 is 0 Å². The van der Waals surface area contributed by atoms with Crippen molar-refractivity contribution in [1.82, 2.24) is 0 Å². The lowest BCUT2D eigenvalue weighted by Crippen LogP contribution is -2.03. The van der Waals surface area contributed by atoms with Crippen LogP contribution in [-0.4, -0.2) is 6.54 Å². The molecule has 0 atom stereocenters. The molecule has 2 aromatic carbocycles. The molecule has 4 heteroatoms. The van der Waals surface area contributed by atoms with Crippen molar-refractivity contribution in [2.24, 2.45) is 0 Å². The zero-order chi connectivity index (χ0) is 13.2. The first-order valence-electron chi connectivity index (χ1n) is 6.27. The van der Waals surface area contributed by atoms with E-state index in [9.17, 15) is 8.78 Å². The van der Waals surface area contributed by atoms with Crippen LogP contribution in [0.1, 0.15) is 11.1 Å². The molecule has 0 amide bonds. The van der Waals surface area contributed by atoms with Gasteiger partial charge in [-0.05, 0) is 29.7 Å². The zero-order valence-electron chi connectivity index (χ0n) is 10.3. The summed E-state index contributed by atoms with van der Waals surface area (Å²) in [7, 11) is 0. The molecule has 1 aliphatic heterocycles. The van der Waals surface area contributed by atoms with Crippen molar-refractivity contribution in [1.29, 1.82) is 0 Å². The minimum Gasteiger partial charge on any atom is -0.384 e. The van der Waals surface area contributed by atoms with Crippen LogP contribution in [0.3, 0.4) is 0 Å². The SMILES string of the molecule is Fc1cc(F)cc(NCc2cccc3c2NCC3)c1. The van der Waals surface area contributed by atoms with Crippen molar-refractivity contribution in [3.63, 3.8) is 0 Å². The number of hydrogen-bond donors (Lipinski definition) is 2. The molecule has 0 radical (unpaired) electrons. The van der Waals surface area contributed by atoms with E-state index in [1.165, 1.54) is 17.7 Å². The van der Waals surface area contributed by atoms with Gasteiger partial charge in [0.2, 0.25) is 0 Å². The molecule has 98 valence electrons. The van der Waals surface area contributed by atoms with Gasteiger partial charge in [0.05, 0.1) is 0 Å². The quantitative estimate of drug-likeness (QED) is 0.882. The Balaban J connectivity index is 1.78. The molecule has 0 spiro atoms. The predicted octanol–water partition coefficient (Wildman–Crippen LogP) is 3.54. The third-order valence-corrected chi connectivity index (χ3v) is 3.28. The van der Waals surface area contributed by atoms with Crippen LogP contribution in [0.25, 0.3) is 0 Å². The van der Waals surface area contributed by atoms with Gasteiger partial charge < -0.3 is 10.6 Å². The molecule has 0 aromatic heterocycles. The number of anilines is 2. The van der Waals surface area contributed by atoms with E-state index < -0.39 is 11.6 Å². The molecular formula is C15H14F2N2. The Hall–Kier alpha value is -2.10. The first-order chi connectivity index (χ1) is 9.22. The number of para-hydroxylation sites is 1. The number of benzene rings is 2. The first kappa shape index (κ1) is 12.0. The van der Waals surface area contributed by atoms with Gasteiger partial charge in [0, 0.05) is 30.5 Å². The summed E-state index contributed by atoms with van der Waals surface area (Å²) >= 11 is 0. The van der Waals surface area contributed by atoms with Crippen molar-refractivity contribution in [2.75, 3.05) is 17.2 Å². The van der Waals surface area contributed by atoms with Gasteiger partial charge in [-0.2, -0.15) is 0 Å². The number of nitrogens with one attached hydrogen (secondary N) is 2. The molecule has 3 rings (SSSR count). The van der Waals surface area contributed by atoms with Crippen molar-refractivity contribution in [3.8, 4) is 0 Å². The minimum absolute atomic E-state index is 0.452. The van der Waals surface area contributed by atoms with Gasteiger partial charge in [0.15, 0.2) is 0 Å². The molecule has 0 saturated heterocycles. The molecule has 2 aromatic rings. The second kappa shape index (κ2) is 4.88. The Morgan fingerprint density at radius 1 is 1.11 bits per heavy atom. The molecule has 0 bridgehead atoms. The highest BCUT2D eigenvalue weighted by Crippen LogP contribution is 2.27. The predicted molar refractivity (Wildman–Crippen MR) is 72.3 cm³/mol. The molecule has 0 aliphatic carbocycles. The summed E-state index contributed by atoms with van der Waals surface area (Å²) < 4.78 is 26.2. The maximum atomic E-state index is 13.1. The average molecular weight is 260 g/mol. The second-order valence-electron chi connectivity index (χ2n) is 4.64. The van der Waals surface area contributed by atoms with E-state index in [2.05, 4.69) is 16.7 Å². The van der Waals surface area contributed by atoms with Gasteiger partial charge in [0.1, 0.15) is 11.6 Å².